The fourth-order valence-corrected chi connectivity index (χ4v) is 2.69. The van der Waals surface area contributed by atoms with Gasteiger partial charge in [-0.05, 0) is 6.92 Å². The van der Waals surface area contributed by atoms with Crippen LogP contribution in [-0.2, 0) is 4.74 Å². The molecule has 1 aromatic heterocycles. The molecule has 1 fully saturated rings. The highest BCUT2D eigenvalue weighted by Gasteiger charge is 2.28. The second-order valence-corrected chi connectivity index (χ2v) is 5.36. The molecule has 20 heavy (non-hydrogen) atoms. The van der Waals surface area contributed by atoms with Gasteiger partial charge in [-0.25, -0.2) is 0 Å². The van der Waals surface area contributed by atoms with Gasteiger partial charge in [0, 0.05) is 17.3 Å². The van der Waals surface area contributed by atoms with Crippen LogP contribution in [0.15, 0.2) is 24.3 Å². The number of halogens is 1. The van der Waals surface area contributed by atoms with Crippen LogP contribution in [0.4, 0.5) is 5.82 Å². The lowest BCUT2D eigenvalue weighted by molar-refractivity contribution is -0.0105. The van der Waals surface area contributed by atoms with Crippen molar-refractivity contribution in [3.63, 3.8) is 0 Å². The highest BCUT2D eigenvalue weighted by Crippen LogP contribution is 2.30. The van der Waals surface area contributed by atoms with Gasteiger partial charge in [-0.15, -0.1) is 10.2 Å². The van der Waals surface area contributed by atoms with Gasteiger partial charge in [-0.2, -0.15) is 0 Å². The predicted molar refractivity (Wildman–Crippen MR) is 78.2 cm³/mol. The van der Waals surface area contributed by atoms with Crippen LogP contribution in [0.3, 0.4) is 0 Å². The minimum atomic E-state index is -0.192. The molecule has 0 amide bonds. The summed E-state index contributed by atoms with van der Waals surface area (Å²) < 4.78 is 5.56. The first-order valence-electron chi connectivity index (χ1n) is 6.60. The first-order chi connectivity index (χ1) is 9.70. The van der Waals surface area contributed by atoms with Gasteiger partial charge >= 0.3 is 0 Å². The molecule has 2 aromatic rings. The van der Waals surface area contributed by atoms with Crippen LogP contribution in [0, 0.1) is 0 Å². The molecule has 106 valence electrons. The molecule has 0 spiro atoms. The molecule has 0 saturated carbocycles. The van der Waals surface area contributed by atoms with Gasteiger partial charge in [-0.1, -0.05) is 35.9 Å². The highest BCUT2D eigenvalue weighted by molar-refractivity contribution is 6.34. The van der Waals surface area contributed by atoms with Crippen molar-refractivity contribution in [1.29, 1.82) is 0 Å². The van der Waals surface area contributed by atoms with Crippen LogP contribution in [0.2, 0.25) is 5.15 Å². The van der Waals surface area contributed by atoms with E-state index in [0.29, 0.717) is 18.3 Å². The largest absolute Gasteiger partial charge is 0.394 e. The summed E-state index contributed by atoms with van der Waals surface area (Å²) in [7, 11) is 0. The van der Waals surface area contributed by atoms with E-state index in [2.05, 4.69) is 22.0 Å². The highest BCUT2D eigenvalue weighted by atomic mass is 35.5. The Balaban J connectivity index is 2.07. The predicted octanol–water partition coefficient (Wildman–Crippen LogP) is 1.87. The monoisotopic (exact) mass is 293 g/mol. The molecule has 2 atom stereocenters. The summed E-state index contributed by atoms with van der Waals surface area (Å²) in [5, 5.41) is 19.8. The van der Waals surface area contributed by atoms with Gasteiger partial charge < -0.3 is 14.7 Å². The molecular formula is C14H16ClN3O2. The number of anilines is 1. The van der Waals surface area contributed by atoms with E-state index < -0.39 is 0 Å². The van der Waals surface area contributed by atoms with E-state index in [1.54, 1.807) is 0 Å². The van der Waals surface area contributed by atoms with Crippen LogP contribution in [0.25, 0.3) is 10.8 Å². The third-order valence-electron chi connectivity index (χ3n) is 3.60. The first-order valence-corrected chi connectivity index (χ1v) is 6.98. The molecule has 0 radical (unpaired) electrons. The molecule has 0 aliphatic carbocycles. The summed E-state index contributed by atoms with van der Waals surface area (Å²) >= 11 is 6.10. The number of aliphatic hydroxyl groups excluding tert-OH is 1. The minimum absolute atomic E-state index is 0.00215. The van der Waals surface area contributed by atoms with E-state index in [-0.39, 0.29) is 18.8 Å². The van der Waals surface area contributed by atoms with Gasteiger partial charge in [0.05, 0.1) is 25.4 Å². The van der Waals surface area contributed by atoms with E-state index in [9.17, 15) is 5.11 Å². The zero-order valence-electron chi connectivity index (χ0n) is 11.2. The van der Waals surface area contributed by atoms with Crippen molar-refractivity contribution < 1.29 is 9.84 Å². The molecular weight excluding hydrogens is 278 g/mol. The molecule has 1 aromatic carbocycles. The zero-order chi connectivity index (χ0) is 14.1. The van der Waals surface area contributed by atoms with E-state index >= 15 is 0 Å². The standard InChI is InChI=1S/C14H16ClN3O2/c1-9-8-20-10(7-19)6-18(9)14-12-5-3-2-4-11(12)13(15)16-17-14/h2-5,9-10,19H,6-8H2,1H3. The number of nitrogens with zero attached hydrogens (tertiary/aromatic N) is 3. The number of aliphatic hydroxyl groups is 1. The third kappa shape index (κ3) is 2.32. The van der Waals surface area contributed by atoms with Crippen LogP contribution in [0.5, 0.6) is 0 Å². The van der Waals surface area contributed by atoms with Crippen molar-refractivity contribution in [2.75, 3.05) is 24.7 Å². The summed E-state index contributed by atoms with van der Waals surface area (Å²) in [6, 6.07) is 7.99. The van der Waals surface area contributed by atoms with Crippen molar-refractivity contribution in [1.82, 2.24) is 10.2 Å². The van der Waals surface area contributed by atoms with Crippen LogP contribution >= 0.6 is 11.6 Å². The van der Waals surface area contributed by atoms with Crippen LogP contribution < -0.4 is 4.90 Å². The lowest BCUT2D eigenvalue weighted by atomic mass is 10.1. The fourth-order valence-electron chi connectivity index (χ4n) is 2.49. The summed E-state index contributed by atoms with van der Waals surface area (Å²) in [6.07, 6.45) is -0.192. The summed E-state index contributed by atoms with van der Waals surface area (Å²) in [6.45, 7) is 3.22. The molecule has 5 nitrogen and oxygen atoms in total. The number of benzene rings is 1. The number of hydrogen-bond acceptors (Lipinski definition) is 5. The van der Waals surface area contributed by atoms with Gasteiger partial charge in [0.15, 0.2) is 11.0 Å². The number of rotatable bonds is 2. The quantitative estimate of drug-likeness (QED) is 0.916. The fraction of sp³-hybridized carbons (Fsp3) is 0.429. The smallest absolute Gasteiger partial charge is 0.159 e. The molecule has 6 heteroatoms. The second-order valence-electron chi connectivity index (χ2n) is 5.00. The Labute approximate surface area is 122 Å². The Bertz CT molecular complexity index is 622. The van der Waals surface area contributed by atoms with Crippen molar-refractivity contribution in [3.8, 4) is 0 Å². The van der Waals surface area contributed by atoms with Crippen molar-refractivity contribution in [2.24, 2.45) is 0 Å². The Morgan fingerprint density at radius 3 is 2.85 bits per heavy atom. The van der Waals surface area contributed by atoms with Gasteiger partial charge in [0.2, 0.25) is 0 Å². The van der Waals surface area contributed by atoms with Crippen molar-refractivity contribution in [3.05, 3.63) is 29.4 Å². The number of fused-ring (bicyclic) bond motifs is 1. The molecule has 1 aliphatic heterocycles. The van der Waals surface area contributed by atoms with Crippen molar-refractivity contribution in [2.45, 2.75) is 19.1 Å². The molecule has 1 N–H and O–H groups in total. The Kier molecular flexibility index (Phi) is 3.74. The van der Waals surface area contributed by atoms with Crippen LogP contribution in [0.1, 0.15) is 6.92 Å². The van der Waals surface area contributed by atoms with Gasteiger partial charge in [-0.3, -0.25) is 0 Å². The Morgan fingerprint density at radius 1 is 1.35 bits per heavy atom. The average molecular weight is 294 g/mol. The third-order valence-corrected chi connectivity index (χ3v) is 3.88. The van der Waals surface area contributed by atoms with E-state index in [1.165, 1.54) is 0 Å². The average Bonchev–Trinajstić information content (AvgIpc) is 2.49. The molecule has 1 saturated heterocycles. The maximum absolute atomic E-state index is 9.29. The minimum Gasteiger partial charge on any atom is -0.394 e. The summed E-state index contributed by atoms with van der Waals surface area (Å²) in [4.78, 5) is 2.12. The molecule has 2 heterocycles. The second kappa shape index (κ2) is 5.52. The Morgan fingerprint density at radius 2 is 2.10 bits per heavy atom. The topological polar surface area (TPSA) is 58.5 Å². The SMILES string of the molecule is CC1COC(CO)CN1c1nnc(Cl)c2ccccc12. The van der Waals surface area contributed by atoms with Crippen LogP contribution in [-0.4, -0.2) is 47.2 Å². The molecule has 3 rings (SSSR count). The lowest BCUT2D eigenvalue weighted by Gasteiger charge is -2.38. The molecule has 2 unspecified atom stereocenters. The van der Waals surface area contributed by atoms with E-state index in [1.807, 2.05) is 24.3 Å². The van der Waals surface area contributed by atoms with Crippen molar-refractivity contribution >= 4 is 28.2 Å². The van der Waals surface area contributed by atoms with E-state index in [0.717, 1.165) is 16.6 Å². The summed E-state index contributed by atoms with van der Waals surface area (Å²) in [5.74, 6) is 0.791. The summed E-state index contributed by atoms with van der Waals surface area (Å²) in [5.41, 5.74) is 0. The normalized spacial score (nSPS) is 23.2. The zero-order valence-corrected chi connectivity index (χ0v) is 11.9. The number of hydrogen-bond donors (Lipinski definition) is 1. The first kappa shape index (κ1) is 13.5. The lowest BCUT2D eigenvalue weighted by Crippen LogP contribution is -2.50. The number of aromatic nitrogens is 2. The van der Waals surface area contributed by atoms with E-state index in [4.69, 9.17) is 16.3 Å². The number of morpholine rings is 1. The molecule has 0 bridgehead atoms. The molecule has 1 aliphatic rings. The van der Waals surface area contributed by atoms with Gasteiger partial charge in [0.25, 0.3) is 0 Å². The maximum Gasteiger partial charge on any atom is 0.159 e. The van der Waals surface area contributed by atoms with Gasteiger partial charge in [0.1, 0.15) is 0 Å². The Hall–Kier alpha value is -1.43. The maximum atomic E-state index is 9.29. The number of ether oxygens (including phenoxy) is 1.